The number of hydrogen-bond acceptors (Lipinski definition) is 4. The van der Waals surface area contributed by atoms with Crippen molar-refractivity contribution in [3.8, 4) is 0 Å². The predicted octanol–water partition coefficient (Wildman–Crippen LogP) is 4.05. The molecule has 0 saturated carbocycles. The molecule has 1 amide bonds. The molecule has 5 nitrogen and oxygen atoms in total. The number of allylic oxidation sites excluding steroid dienone is 1. The summed E-state index contributed by atoms with van der Waals surface area (Å²) in [6.45, 7) is 1.40. The molecule has 0 atom stereocenters. The van der Waals surface area contributed by atoms with E-state index in [1.807, 2.05) is 30.3 Å². The topological polar surface area (TPSA) is 58.1 Å². The lowest BCUT2D eigenvalue weighted by atomic mass is 9.97. The lowest BCUT2D eigenvalue weighted by Gasteiger charge is -2.17. The molecule has 3 rings (SSSR count). The van der Waals surface area contributed by atoms with E-state index >= 15 is 0 Å². The van der Waals surface area contributed by atoms with Gasteiger partial charge in [0.25, 0.3) is 5.91 Å². The molecule has 1 aliphatic carbocycles. The monoisotopic (exact) mass is 350 g/mol. The van der Waals surface area contributed by atoms with Gasteiger partial charge in [-0.2, -0.15) is 0 Å². The molecule has 2 aromatic rings. The highest BCUT2D eigenvalue weighted by atomic mass is 16.2. The number of anilines is 1. The highest BCUT2D eigenvalue weighted by Gasteiger charge is 2.14. The summed E-state index contributed by atoms with van der Waals surface area (Å²) in [6, 6.07) is 9.91. The highest BCUT2D eigenvalue weighted by Crippen LogP contribution is 2.19. The van der Waals surface area contributed by atoms with E-state index in [0.717, 1.165) is 18.5 Å². The zero-order valence-corrected chi connectivity index (χ0v) is 15.3. The molecule has 1 aromatic heterocycles. The van der Waals surface area contributed by atoms with Crippen molar-refractivity contribution in [1.82, 2.24) is 14.9 Å². The SMILES string of the molecule is CN(Cc1ccccc1)C(=O)c1cnc(NCCC2=CCCCC2)cn1. The number of nitrogens with zero attached hydrogens (tertiary/aromatic N) is 3. The molecular formula is C21H26N4O. The van der Waals surface area contributed by atoms with Crippen LogP contribution in [-0.4, -0.2) is 34.4 Å². The predicted molar refractivity (Wildman–Crippen MR) is 104 cm³/mol. The van der Waals surface area contributed by atoms with Crippen molar-refractivity contribution in [2.75, 3.05) is 18.9 Å². The molecular weight excluding hydrogens is 324 g/mol. The maximum atomic E-state index is 12.5. The molecule has 1 heterocycles. The maximum Gasteiger partial charge on any atom is 0.274 e. The number of nitrogens with one attached hydrogen (secondary N) is 1. The average Bonchev–Trinajstić information content (AvgIpc) is 2.69. The quantitative estimate of drug-likeness (QED) is 0.765. The van der Waals surface area contributed by atoms with Gasteiger partial charge < -0.3 is 10.2 Å². The third kappa shape index (κ3) is 5.15. The van der Waals surface area contributed by atoms with Crippen LogP contribution in [0.25, 0.3) is 0 Å². The molecule has 0 bridgehead atoms. The molecule has 26 heavy (non-hydrogen) atoms. The summed E-state index contributed by atoms with van der Waals surface area (Å²) >= 11 is 0. The Balaban J connectivity index is 1.50. The normalized spacial score (nSPS) is 13.8. The van der Waals surface area contributed by atoms with Gasteiger partial charge in [-0.15, -0.1) is 0 Å². The third-order valence-corrected chi connectivity index (χ3v) is 4.62. The summed E-state index contributed by atoms with van der Waals surface area (Å²) < 4.78 is 0. The molecule has 0 fully saturated rings. The van der Waals surface area contributed by atoms with Gasteiger partial charge in [-0.1, -0.05) is 42.0 Å². The molecule has 1 aliphatic rings. The number of benzene rings is 1. The van der Waals surface area contributed by atoms with Gasteiger partial charge in [0.2, 0.25) is 0 Å². The van der Waals surface area contributed by atoms with E-state index < -0.39 is 0 Å². The van der Waals surface area contributed by atoms with Crippen LogP contribution in [0, 0.1) is 0 Å². The first-order chi connectivity index (χ1) is 12.7. The molecule has 1 N–H and O–H groups in total. The lowest BCUT2D eigenvalue weighted by Crippen LogP contribution is -2.27. The van der Waals surface area contributed by atoms with Gasteiger partial charge in [0, 0.05) is 20.1 Å². The molecule has 0 spiro atoms. The van der Waals surface area contributed by atoms with Gasteiger partial charge in [0.1, 0.15) is 11.5 Å². The van der Waals surface area contributed by atoms with Gasteiger partial charge in [0.05, 0.1) is 12.4 Å². The molecule has 1 aromatic carbocycles. The minimum atomic E-state index is -0.125. The first-order valence-electron chi connectivity index (χ1n) is 9.25. The number of rotatable bonds is 7. The average molecular weight is 350 g/mol. The molecule has 0 saturated heterocycles. The van der Waals surface area contributed by atoms with E-state index in [2.05, 4.69) is 21.4 Å². The van der Waals surface area contributed by atoms with E-state index in [1.165, 1.54) is 31.3 Å². The fourth-order valence-electron chi connectivity index (χ4n) is 3.14. The highest BCUT2D eigenvalue weighted by molar-refractivity contribution is 5.91. The Kier molecular flexibility index (Phi) is 6.36. The number of carbonyl (C=O) groups is 1. The minimum Gasteiger partial charge on any atom is -0.368 e. The standard InChI is InChI=1S/C21H26N4O/c1-25(16-18-10-6-3-7-11-18)21(26)19-14-24-20(15-23-19)22-13-12-17-8-4-2-5-9-17/h3,6-8,10-11,14-15H,2,4-5,9,12-13,16H2,1H3,(H,22,24). The van der Waals surface area contributed by atoms with E-state index in [4.69, 9.17) is 0 Å². The number of carbonyl (C=O) groups excluding carboxylic acids is 1. The molecule has 0 unspecified atom stereocenters. The van der Waals surface area contributed by atoms with E-state index in [1.54, 1.807) is 24.3 Å². The summed E-state index contributed by atoms with van der Waals surface area (Å²) in [6.07, 6.45) is 11.6. The lowest BCUT2D eigenvalue weighted by molar-refractivity contribution is 0.0779. The zero-order valence-electron chi connectivity index (χ0n) is 15.3. The van der Waals surface area contributed by atoms with Crippen LogP contribution in [0.4, 0.5) is 5.82 Å². The van der Waals surface area contributed by atoms with Crippen LogP contribution in [-0.2, 0) is 6.54 Å². The second-order valence-electron chi connectivity index (χ2n) is 6.72. The third-order valence-electron chi connectivity index (χ3n) is 4.62. The summed E-state index contributed by atoms with van der Waals surface area (Å²) in [5.41, 5.74) is 2.99. The minimum absolute atomic E-state index is 0.125. The van der Waals surface area contributed by atoms with Crippen molar-refractivity contribution in [3.05, 3.63) is 65.6 Å². The van der Waals surface area contributed by atoms with E-state index in [-0.39, 0.29) is 5.91 Å². The van der Waals surface area contributed by atoms with Crippen molar-refractivity contribution in [1.29, 1.82) is 0 Å². The molecule has 136 valence electrons. The first kappa shape index (κ1) is 18.1. The number of hydrogen-bond donors (Lipinski definition) is 1. The van der Waals surface area contributed by atoms with Crippen molar-refractivity contribution in [2.45, 2.75) is 38.6 Å². The van der Waals surface area contributed by atoms with Gasteiger partial charge in [0.15, 0.2) is 0 Å². The van der Waals surface area contributed by atoms with Crippen LogP contribution < -0.4 is 5.32 Å². The van der Waals surface area contributed by atoms with Gasteiger partial charge in [-0.3, -0.25) is 4.79 Å². The number of aromatic nitrogens is 2. The summed E-state index contributed by atoms with van der Waals surface area (Å²) in [7, 11) is 1.78. The Morgan fingerprint density at radius 3 is 2.69 bits per heavy atom. The van der Waals surface area contributed by atoms with Crippen molar-refractivity contribution < 1.29 is 4.79 Å². The Labute approximate surface area is 155 Å². The van der Waals surface area contributed by atoms with Crippen LogP contribution in [0.1, 0.15) is 48.2 Å². The Hall–Kier alpha value is -2.69. The van der Waals surface area contributed by atoms with Gasteiger partial charge in [-0.05, 0) is 37.7 Å². The molecule has 5 heteroatoms. The van der Waals surface area contributed by atoms with Crippen molar-refractivity contribution in [2.24, 2.45) is 0 Å². The first-order valence-corrected chi connectivity index (χ1v) is 9.25. The van der Waals surface area contributed by atoms with Crippen LogP contribution in [0.3, 0.4) is 0 Å². The summed E-state index contributed by atoms with van der Waals surface area (Å²) in [5.74, 6) is 0.587. The maximum absolute atomic E-state index is 12.5. The van der Waals surface area contributed by atoms with E-state index in [0.29, 0.717) is 18.1 Å². The fraction of sp³-hybridized carbons (Fsp3) is 0.381. The van der Waals surface area contributed by atoms with Gasteiger partial charge >= 0.3 is 0 Å². The fourth-order valence-corrected chi connectivity index (χ4v) is 3.14. The van der Waals surface area contributed by atoms with Crippen molar-refractivity contribution in [3.63, 3.8) is 0 Å². The summed E-state index contributed by atoms with van der Waals surface area (Å²) in [4.78, 5) is 22.7. The molecule has 0 aliphatic heterocycles. The van der Waals surface area contributed by atoms with Crippen LogP contribution in [0.15, 0.2) is 54.4 Å². The van der Waals surface area contributed by atoms with Gasteiger partial charge in [-0.25, -0.2) is 9.97 Å². The second-order valence-corrected chi connectivity index (χ2v) is 6.72. The smallest absolute Gasteiger partial charge is 0.274 e. The Bertz CT molecular complexity index is 740. The zero-order chi connectivity index (χ0) is 18.2. The van der Waals surface area contributed by atoms with Crippen LogP contribution in [0.2, 0.25) is 0 Å². The Morgan fingerprint density at radius 1 is 1.15 bits per heavy atom. The van der Waals surface area contributed by atoms with Crippen molar-refractivity contribution >= 4 is 11.7 Å². The molecule has 0 radical (unpaired) electrons. The number of amides is 1. The van der Waals surface area contributed by atoms with Crippen LogP contribution >= 0.6 is 0 Å². The van der Waals surface area contributed by atoms with E-state index in [9.17, 15) is 4.79 Å². The summed E-state index contributed by atoms with van der Waals surface area (Å²) in [5, 5.41) is 3.29. The largest absolute Gasteiger partial charge is 0.368 e. The Morgan fingerprint density at radius 2 is 2.00 bits per heavy atom. The second kappa shape index (κ2) is 9.13. The van der Waals surface area contributed by atoms with Crippen LogP contribution in [0.5, 0.6) is 0 Å².